The molecule has 0 aliphatic rings. The summed E-state index contributed by atoms with van der Waals surface area (Å²) in [4.78, 5) is 52.1. The van der Waals surface area contributed by atoms with Gasteiger partial charge >= 0.3 is 17.9 Å². The molecule has 15 nitrogen and oxygen atoms in total. The van der Waals surface area contributed by atoms with Gasteiger partial charge in [0, 0.05) is 47.5 Å². The Morgan fingerprint density at radius 3 is 1.11 bits per heavy atom. The number of hydrogen-bond donors (Lipinski definition) is 3. The third kappa shape index (κ3) is 18.3. The Balaban J connectivity index is -0.000000250. The first kappa shape index (κ1) is 40.5. The Morgan fingerprint density at radius 1 is 0.730 bits per heavy atom. The molecule has 0 spiro atoms. The van der Waals surface area contributed by atoms with Crippen molar-refractivity contribution in [3.63, 3.8) is 0 Å². The van der Waals surface area contributed by atoms with Crippen molar-refractivity contribution in [2.75, 3.05) is 40.6 Å². The smallest absolute Gasteiger partial charge is 0.333 e. The van der Waals surface area contributed by atoms with E-state index in [9.17, 15) is 34.6 Å². The Bertz CT molecular complexity index is 787. The summed E-state index contributed by atoms with van der Waals surface area (Å²) >= 11 is 0. The molecule has 3 N–H and O–H groups in total. The summed E-state index contributed by atoms with van der Waals surface area (Å²) in [5, 5.41) is 44.6. The molecule has 0 aromatic heterocycles. The van der Waals surface area contributed by atoms with Gasteiger partial charge in [0.05, 0.1) is 7.11 Å². The predicted octanol–water partition coefficient (Wildman–Crippen LogP) is 0.611. The van der Waals surface area contributed by atoms with Gasteiger partial charge in [-0.05, 0) is 20.8 Å². The number of ether oxygens (including phenoxy) is 3. The first-order valence-electron chi connectivity index (χ1n) is 10.2. The molecule has 214 valence electrons. The molecule has 0 aromatic rings. The molecule has 15 heteroatoms. The average molecular weight is 539 g/mol. The van der Waals surface area contributed by atoms with Crippen molar-refractivity contribution in [2.45, 2.75) is 45.7 Å². The standard InChI is InChI=1S/C12H17NO6.C5H8O2.C4H9NO4.CH4O/c1-8(2)10(14)18-6-12(5,13(16)17)7-19-11(15)9(3)4;1-4(2)5(6)7-3;1-4(2-6,3-7)5(8)9;1-2/h1,3,6-7H2,2,4-5H3;1H2,2-3H3;6-7H,2-3H2,1H3;2H,1H3. The van der Waals surface area contributed by atoms with Gasteiger partial charge in [-0.3, -0.25) is 20.2 Å². The van der Waals surface area contributed by atoms with Crippen LogP contribution in [-0.4, -0.2) is 94.8 Å². The number of aliphatic hydroxyl groups is 3. The van der Waals surface area contributed by atoms with Gasteiger partial charge in [0.15, 0.2) is 13.2 Å². The van der Waals surface area contributed by atoms with Crippen LogP contribution in [0.4, 0.5) is 0 Å². The highest BCUT2D eigenvalue weighted by Gasteiger charge is 2.41. The van der Waals surface area contributed by atoms with Gasteiger partial charge in [0.1, 0.15) is 13.2 Å². The van der Waals surface area contributed by atoms with Crippen molar-refractivity contribution in [2.24, 2.45) is 0 Å². The van der Waals surface area contributed by atoms with Gasteiger partial charge in [0.2, 0.25) is 0 Å². The quantitative estimate of drug-likeness (QED) is 0.108. The van der Waals surface area contributed by atoms with Crippen LogP contribution in [0.15, 0.2) is 36.5 Å². The number of nitro groups is 2. The van der Waals surface area contributed by atoms with Gasteiger partial charge in [-0.15, -0.1) is 0 Å². The van der Waals surface area contributed by atoms with Gasteiger partial charge in [-0.2, -0.15) is 0 Å². The minimum absolute atomic E-state index is 0.129. The monoisotopic (exact) mass is 538 g/mol. The zero-order valence-electron chi connectivity index (χ0n) is 22.3. The highest BCUT2D eigenvalue weighted by molar-refractivity contribution is 5.87. The molecule has 37 heavy (non-hydrogen) atoms. The predicted molar refractivity (Wildman–Crippen MR) is 131 cm³/mol. The molecule has 0 atom stereocenters. The fraction of sp³-hybridized carbons (Fsp3) is 0.591. The van der Waals surface area contributed by atoms with Gasteiger partial charge in [-0.25, -0.2) is 14.4 Å². The lowest BCUT2D eigenvalue weighted by Crippen LogP contribution is -2.45. The van der Waals surface area contributed by atoms with E-state index in [0.29, 0.717) is 5.57 Å². The number of methoxy groups -OCH3 is 1. The Hall–Kier alpha value is -3.69. The summed E-state index contributed by atoms with van der Waals surface area (Å²) in [6.45, 7) is 14.6. The second-order valence-electron chi connectivity index (χ2n) is 7.81. The number of carbonyl (C=O) groups is 3. The van der Waals surface area contributed by atoms with Crippen molar-refractivity contribution >= 4 is 17.9 Å². The molecule has 0 heterocycles. The average Bonchev–Trinajstić information content (AvgIpc) is 2.85. The molecule has 0 fully saturated rings. The van der Waals surface area contributed by atoms with Crippen LogP contribution in [0.2, 0.25) is 0 Å². The van der Waals surface area contributed by atoms with E-state index in [2.05, 4.69) is 24.5 Å². The maximum Gasteiger partial charge on any atom is 0.333 e. The summed E-state index contributed by atoms with van der Waals surface area (Å²) in [5.74, 6) is -1.82. The normalized spacial score (nSPS) is 9.78. The molecular formula is C22H38N2O13. The molecular weight excluding hydrogens is 500 g/mol. The van der Waals surface area contributed by atoms with E-state index in [1.165, 1.54) is 34.8 Å². The van der Waals surface area contributed by atoms with E-state index in [-0.39, 0.29) is 17.1 Å². The van der Waals surface area contributed by atoms with Gasteiger partial charge in [0.25, 0.3) is 11.1 Å². The van der Waals surface area contributed by atoms with Crippen LogP contribution in [0.1, 0.15) is 34.6 Å². The molecule has 0 aromatic carbocycles. The van der Waals surface area contributed by atoms with Crippen LogP contribution in [-0.2, 0) is 28.6 Å². The minimum atomic E-state index is -1.71. The fourth-order valence-corrected chi connectivity index (χ4v) is 1.18. The number of rotatable bonds is 11. The van der Waals surface area contributed by atoms with Crippen molar-refractivity contribution in [1.29, 1.82) is 0 Å². The van der Waals surface area contributed by atoms with E-state index in [4.69, 9.17) is 24.8 Å². The SMILES string of the molecule is C=C(C)C(=O)OC.C=C(C)C(=O)OCC(C)(COC(=O)C(=C)C)[N+](=O)[O-].CC(CO)(CO)[N+](=O)[O-].CO. The molecule has 0 unspecified atom stereocenters. The van der Waals surface area contributed by atoms with E-state index in [0.717, 1.165) is 7.11 Å². The molecule has 0 bridgehead atoms. The molecule has 0 rings (SSSR count). The van der Waals surface area contributed by atoms with E-state index in [1.807, 2.05) is 0 Å². The summed E-state index contributed by atoms with van der Waals surface area (Å²) in [6, 6.07) is 0. The van der Waals surface area contributed by atoms with Crippen molar-refractivity contribution in [1.82, 2.24) is 0 Å². The summed E-state index contributed by atoms with van der Waals surface area (Å²) in [5.41, 5.74) is -2.60. The molecule has 0 aliphatic heterocycles. The zero-order chi connectivity index (χ0) is 30.6. The Morgan fingerprint density at radius 2 is 1.00 bits per heavy atom. The first-order chi connectivity index (χ1) is 16.8. The summed E-state index contributed by atoms with van der Waals surface area (Å²) in [7, 11) is 2.33. The van der Waals surface area contributed by atoms with E-state index >= 15 is 0 Å². The second-order valence-corrected chi connectivity index (χ2v) is 7.81. The lowest BCUT2D eigenvalue weighted by atomic mass is 10.1. The second kappa shape index (κ2) is 20.5. The largest absolute Gasteiger partial charge is 0.466 e. The van der Waals surface area contributed by atoms with Crippen LogP contribution < -0.4 is 0 Å². The van der Waals surface area contributed by atoms with Crippen LogP contribution in [0.5, 0.6) is 0 Å². The van der Waals surface area contributed by atoms with E-state index in [1.54, 1.807) is 6.92 Å². The third-order valence-corrected chi connectivity index (χ3v) is 3.82. The fourth-order valence-electron chi connectivity index (χ4n) is 1.18. The summed E-state index contributed by atoms with van der Waals surface area (Å²) in [6.07, 6.45) is 0. The lowest BCUT2D eigenvalue weighted by molar-refractivity contribution is -0.572. The molecule has 0 radical (unpaired) electrons. The van der Waals surface area contributed by atoms with Crippen LogP contribution >= 0.6 is 0 Å². The first-order valence-corrected chi connectivity index (χ1v) is 10.2. The van der Waals surface area contributed by atoms with Crippen molar-refractivity contribution < 1.29 is 53.8 Å². The Labute approximate surface area is 215 Å². The van der Waals surface area contributed by atoms with Crippen LogP contribution in [0, 0.1) is 20.2 Å². The zero-order valence-corrected chi connectivity index (χ0v) is 22.3. The number of hydrogen-bond acceptors (Lipinski definition) is 13. The molecule has 0 amide bonds. The van der Waals surface area contributed by atoms with Crippen molar-refractivity contribution in [3.05, 3.63) is 56.7 Å². The molecule has 0 saturated heterocycles. The van der Waals surface area contributed by atoms with Crippen LogP contribution in [0.25, 0.3) is 0 Å². The van der Waals surface area contributed by atoms with Gasteiger partial charge < -0.3 is 29.5 Å². The van der Waals surface area contributed by atoms with Crippen LogP contribution in [0.3, 0.4) is 0 Å². The number of carbonyl (C=O) groups excluding carboxylic acids is 3. The number of aliphatic hydroxyl groups excluding tert-OH is 3. The minimum Gasteiger partial charge on any atom is -0.466 e. The van der Waals surface area contributed by atoms with Crippen molar-refractivity contribution in [3.8, 4) is 0 Å². The highest BCUT2D eigenvalue weighted by atomic mass is 16.6. The highest BCUT2D eigenvalue weighted by Crippen LogP contribution is 2.13. The van der Waals surface area contributed by atoms with Gasteiger partial charge in [-0.1, -0.05) is 19.7 Å². The summed E-state index contributed by atoms with van der Waals surface area (Å²) < 4.78 is 13.7. The molecule has 0 aliphatic carbocycles. The van der Waals surface area contributed by atoms with E-state index < -0.39 is 59.3 Å². The Kier molecular flexibility index (Phi) is 22.4. The lowest BCUT2D eigenvalue weighted by Gasteiger charge is -2.20. The molecule has 0 saturated carbocycles. The maximum atomic E-state index is 11.2. The third-order valence-electron chi connectivity index (χ3n) is 3.82. The topological polar surface area (TPSA) is 226 Å². The maximum absolute atomic E-state index is 11.2. The number of esters is 3. The number of nitrogens with zero attached hydrogens (tertiary/aromatic N) is 2.